The van der Waals surface area contributed by atoms with Gasteiger partial charge in [-0.05, 0) is 18.2 Å². The van der Waals surface area contributed by atoms with Gasteiger partial charge in [0.25, 0.3) is 0 Å². The van der Waals surface area contributed by atoms with Crippen LogP contribution in [0.1, 0.15) is 11.3 Å². The third-order valence-electron chi connectivity index (χ3n) is 2.69. The van der Waals surface area contributed by atoms with Gasteiger partial charge >= 0.3 is 0 Å². The van der Waals surface area contributed by atoms with Crippen molar-refractivity contribution in [3.05, 3.63) is 53.9 Å². The predicted molar refractivity (Wildman–Crippen MR) is 74.1 cm³/mol. The normalized spacial score (nSPS) is 11.2. The Labute approximate surface area is 116 Å². The molecule has 0 fully saturated rings. The number of nitrogens with two attached hydrogens (primary N) is 1. The number of ether oxygens (including phenoxy) is 2. The van der Waals surface area contributed by atoms with Gasteiger partial charge in [0.2, 0.25) is 0 Å². The van der Waals surface area contributed by atoms with E-state index in [1.54, 1.807) is 31.5 Å². The number of benzene rings is 1. The number of oxime groups is 1. The molecule has 0 amide bonds. The molecule has 0 bridgehead atoms. The number of para-hydroxylation sites is 2. The van der Waals surface area contributed by atoms with Crippen LogP contribution in [-0.4, -0.2) is 23.1 Å². The maximum atomic E-state index is 8.74. The molecule has 0 spiro atoms. The highest BCUT2D eigenvalue weighted by atomic mass is 16.5. The molecule has 0 saturated carbocycles. The van der Waals surface area contributed by atoms with Crippen LogP contribution in [0, 0.1) is 0 Å². The van der Waals surface area contributed by atoms with Crippen molar-refractivity contribution in [3.63, 3.8) is 0 Å². The summed E-state index contributed by atoms with van der Waals surface area (Å²) in [6.45, 7) is 0.236. The zero-order valence-electron chi connectivity index (χ0n) is 11.0. The van der Waals surface area contributed by atoms with Crippen LogP contribution in [0.2, 0.25) is 0 Å². The molecule has 104 valence electrons. The summed E-state index contributed by atoms with van der Waals surface area (Å²) in [7, 11) is 1.58. The summed E-state index contributed by atoms with van der Waals surface area (Å²) in [5.41, 5.74) is 6.69. The molecule has 6 heteroatoms. The molecule has 0 unspecified atom stereocenters. The second-order valence-electron chi connectivity index (χ2n) is 3.94. The summed E-state index contributed by atoms with van der Waals surface area (Å²) in [4.78, 5) is 4.08. The Hall–Kier alpha value is -2.76. The third-order valence-corrected chi connectivity index (χ3v) is 2.69. The quantitative estimate of drug-likeness (QED) is 0.375. The summed E-state index contributed by atoms with van der Waals surface area (Å²) in [6, 6.07) is 10.9. The van der Waals surface area contributed by atoms with Crippen molar-refractivity contribution >= 4 is 5.84 Å². The molecule has 0 aliphatic heterocycles. The fourth-order valence-electron chi connectivity index (χ4n) is 1.73. The highest BCUT2D eigenvalue weighted by molar-refractivity contribution is 5.96. The fourth-order valence-corrected chi connectivity index (χ4v) is 1.73. The Bertz CT molecular complexity index is 614. The Morgan fingerprint density at radius 1 is 1.25 bits per heavy atom. The first-order chi connectivity index (χ1) is 9.76. The molecule has 3 N–H and O–H groups in total. The van der Waals surface area contributed by atoms with Crippen LogP contribution in [0.4, 0.5) is 0 Å². The highest BCUT2D eigenvalue weighted by Crippen LogP contribution is 2.26. The topological polar surface area (TPSA) is 90.0 Å². The van der Waals surface area contributed by atoms with Gasteiger partial charge in [-0.2, -0.15) is 0 Å². The molecule has 20 heavy (non-hydrogen) atoms. The van der Waals surface area contributed by atoms with Crippen LogP contribution >= 0.6 is 0 Å². The van der Waals surface area contributed by atoms with Crippen molar-refractivity contribution in [2.24, 2.45) is 10.9 Å². The van der Waals surface area contributed by atoms with Gasteiger partial charge < -0.3 is 20.4 Å². The molecule has 1 aromatic carbocycles. The molecule has 0 radical (unpaired) electrons. The SMILES string of the molecule is COc1ccccc1OCc1cccnc1C(N)=NO. The molecule has 0 atom stereocenters. The maximum absolute atomic E-state index is 8.74. The molecule has 0 aliphatic rings. The van der Waals surface area contributed by atoms with Crippen molar-refractivity contribution < 1.29 is 14.7 Å². The number of hydrogen-bond donors (Lipinski definition) is 2. The lowest BCUT2D eigenvalue weighted by molar-refractivity contribution is 0.283. The molecule has 2 aromatic rings. The van der Waals surface area contributed by atoms with E-state index >= 15 is 0 Å². The Morgan fingerprint density at radius 3 is 2.70 bits per heavy atom. The van der Waals surface area contributed by atoms with Crippen molar-refractivity contribution in [3.8, 4) is 11.5 Å². The predicted octanol–water partition coefficient (Wildman–Crippen LogP) is 1.76. The second-order valence-corrected chi connectivity index (χ2v) is 3.94. The minimum absolute atomic E-state index is 0.0516. The van der Waals surface area contributed by atoms with E-state index in [1.165, 1.54) is 0 Å². The van der Waals surface area contributed by atoms with Gasteiger partial charge in [-0.25, -0.2) is 0 Å². The molecule has 0 saturated heterocycles. The van der Waals surface area contributed by atoms with Crippen molar-refractivity contribution in [1.29, 1.82) is 0 Å². The van der Waals surface area contributed by atoms with E-state index < -0.39 is 0 Å². The first-order valence-electron chi connectivity index (χ1n) is 5.94. The van der Waals surface area contributed by atoms with Crippen molar-refractivity contribution in [2.75, 3.05) is 7.11 Å². The number of aromatic nitrogens is 1. The summed E-state index contributed by atoms with van der Waals surface area (Å²) in [5, 5.41) is 11.7. The zero-order chi connectivity index (χ0) is 14.4. The van der Waals surface area contributed by atoms with Gasteiger partial charge in [-0.15, -0.1) is 0 Å². The van der Waals surface area contributed by atoms with E-state index in [-0.39, 0.29) is 12.4 Å². The van der Waals surface area contributed by atoms with E-state index in [0.717, 1.165) is 0 Å². The minimum Gasteiger partial charge on any atom is -0.493 e. The molecular weight excluding hydrogens is 258 g/mol. The fraction of sp³-hybridized carbons (Fsp3) is 0.143. The average Bonchev–Trinajstić information content (AvgIpc) is 2.52. The summed E-state index contributed by atoms with van der Waals surface area (Å²) < 4.78 is 10.9. The van der Waals surface area contributed by atoms with Crippen LogP contribution in [0.15, 0.2) is 47.8 Å². The monoisotopic (exact) mass is 273 g/mol. The van der Waals surface area contributed by atoms with Gasteiger partial charge in [0.05, 0.1) is 7.11 Å². The van der Waals surface area contributed by atoms with Gasteiger partial charge in [0.15, 0.2) is 17.3 Å². The minimum atomic E-state index is -0.0516. The smallest absolute Gasteiger partial charge is 0.189 e. The van der Waals surface area contributed by atoms with Crippen LogP contribution in [0.3, 0.4) is 0 Å². The third kappa shape index (κ3) is 2.97. The molecule has 2 rings (SSSR count). The maximum Gasteiger partial charge on any atom is 0.189 e. The van der Waals surface area contributed by atoms with Crippen LogP contribution in [-0.2, 0) is 6.61 Å². The summed E-state index contributed by atoms with van der Waals surface area (Å²) in [6.07, 6.45) is 1.57. The zero-order valence-corrected chi connectivity index (χ0v) is 11.0. The lowest BCUT2D eigenvalue weighted by Gasteiger charge is -2.11. The van der Waals surface area contributed by atoms with E-state index in [0.29, 0.717) is 22.8 Å². The molecule has 0 aliphatic carbocycles. The van der Waals surface area contributed by atoms with Gasteiger partial charge in [0.1, 0.15) is 12.3 Å². The van der Waals surface area contributed by atoms with E-state index in [9.17, 15) is 0 Å². The lowest BCUT2D eigenvalue weighted by Crippen LogP contribution is -2.18. The Morgan fingerprint density at radius 2 is 2.00 bits per heavy atom. The number of nitrogens with zero attached hydrogens (tertiary/aromatic N) is 2. The first-order valence-corrected chi connectivity index (χ1v) is 5.94. The van der Waals surface area contributed by atoms with Gasteiger partial charge in [-0.3, -0.25) is 4.98 Å². The molecular formula is C14H15N3O3. The Balaban J connectivity index is 2.19. The number of pyridine rings is 1. The molecule has 1 aromatic heterocycles. The van der Waals surface area contributed by atoms with Crippen LogP contribution in [0.25, 0.3) is 0 Å². The van der Waals surface area contributed by atoms with E-state index in [4.69, 9.17) is 20.4 Å². The van der Waals surface area contributed by atoms with Gasteiger partial charge in [-0.1, -0.05) is 23.4 Å². The van der Waals surface area contributed by atoms with Crippen LogP contribution in [0.5, 0.6) is 11.5 Å². The average molecular weight is 273 g/mol. The van der Waals surface area contributed by atoms with E-state index in [2.05, 4.69) is 10.1 Å². The molecule has 6 nitrogen and oxygen atoms in total. The number of methoxy groups -OCH3 is 1. The van der Waals surface area contributed by atoms with Crippen molar-refractivity contribution in [2.45, 2.75) is 6.61 Å². The first kappa shape index (κ1) is 13.7. The largest absolute Gasteiger partial charge is 0.493 e. The highest BCUT2D eigenvalue weighted by Gasteiger charge is 2.10. The number of amidine groups is 1. The molecule has 1 heterocycles. The van der Waals surface area contributed by atoms with Crippen LogP contribution < -0.4 is 15.2 Å². The standard InChI is InChI=1S/C14H15N3O3/c1-19-11-6-2-3-7-12(11)20-9-10-5-4-8-16-13(10)14(15)17-18/h2-8,18H,9H2,1H3,(H2,15,17). The number of rotatable bonds is 5. The van der Waals surface area contributed by atoms with Crippen molar-refractivity contribution in [1.82, 2.24) is 4.98 Å². The number of hydrogen-bond acceptors (Lipinski definition) is 5. The Kier molecular flexibility index (Phi) is 4.39. The summed E-state index contributed by atoms with van der Waals surface area (Å²) >= 11 is 0. The van der Waals surface area contributed by atoms with Gasteiger partial charge in [0, 0.05) is 11.8 Å². The summed E-state index contributed by atoms with van der Waals surface area (Å²) in [5.74, 6) is 1.20. The van der Waals surface area contributed by atoms with E-state index in [1.807, 2.05) is 18.2 Å². The second kappa shape index (κ2) is 6.42. The lowest BCUT2D eigenvalue weighted by atomic mass is 10.2.